The van der Waals surface area contributed by atoms with Crippen molar-refractivity contribution in [1.82, 2.24) is 9.88 Å². The van der Waals surface area contributed by atoms with Crippen LogP contribution in [0.3, 0.4) is 0 Å². The van der Waals surface area contributed by atoms with Gasteiger partial charge in [0.15, 0.2) is 0 Å². The molecule has 0 radical (unpaired) electrons. The number of fused-ring (bicyclic) bond motifs is 1. The number of nitrogens with zero attached hydrogens (tertiary/aromatic N) is 1. The molecule has 0 amide bonds. The summed E-state index contributed by atoms with van der Waals surface area (Å²) >= 11 is 0. The normalized spacial score (nSPS) is 23.7. The maximum atomic E-state index is 11.3. The van der Waals surface area contributed by atoms with Gasteiger partial charge in [0.05, 0.1) is 24.9 Å². The van der Waals surface area contributed by atoms with Crippen molar-refractivity contribution in [2.75, 3.05) is 20.3 Å². The molecule has 2 aliphatic rings. The highest BCUT2D eigenvalue weighted by atomic mass is 16.5. The maximum absolute atomic E-state index is 11.3. The zero-order valence-electron chi connectivity index (χ0n) is 18.0. The number of H-pyrrole nitrogens is 1. The molecule has 31 heavy (non-hydrogen) atoms. The largest absolute Gasteiger partial charge is 0.496 e. The van der Waals surface area contributed by atoms with Crippen LogP contribution in [0.2, 0.25) is 0 Å². The number of aromatic nitrogens is 1. The van der Waals surface area contributed by atoms with E-state index in [0.29, 0.717) is 5.56 Å². The zero-order chi connectivity index (χ0) is 21.6. The number of aromatic amines is 1. The van der Waals surface area contributed by atoms with Gasteiger partial charge in [0, 0.05) is 41.8 Å². The molecule has 0 bridgehead atoms. The summed E-state index contributed by atoms with van der Waals surface area (Å²) in [7, 11) is 1.73. The first-order chi connectivity index (χ1) is 15.0. The molecule has 2 aromatic carbocycles. The molecule has 5 rings (SSSR count). The third kappa shape index (κ3) is 3.50. The van der Waals surface area contributed by atoms with Gasteiger partial charge in [0.2, 0.25) is 0 Å². The monoisotopic (exact) mass is 420 g/mol. The van der Waals surface area contributed by atoms with Crippen molar-refractivity contribution in [1.29, 1.82) is 0 Å². The first-order valence-electron chi connectivity index (χ1n) is 10.8. The van der Waals surface area contributed by atoms with Crippen LogP contribution in [-0.2, 0) is 11.3 Å². The fraction of sp³-hybridized carbons (Fsp3) is 0.400. The molecule has 6 nitrogen and oxygen atoms in total. The molecular formula is C25H28N2O4. The molecule has 2 N–H and O–H groups in total. The van der Waals surface area contributed by atoms with E-state index in [-0.39, 0.29) is 11.6 Å². The van der Waals surface area contributed by atoms with Crippen molar-refractivity contribution >= 4 is 16.9 Å². The van der Waals surface area contributed by atoms with Crippen LogP contribution in [0.4, 0.5) is 0 Å². The number of aryl methyl sites for hydroxylation is 1. The number of hydrogen-bond acceptors (Lipinski definition) is 4. The van der Waals surface area contributed by atoms with Gasteiger partial charge in [0.1, 0.15) is 5.75 Å². The van der Waals surface area contributed by atoms with E-state index < -0.39 is 5.97 Å². The number of carboxylic acids is 1. The van der Waals surface area contributed by atoms with Crippen molar-refractivity contribution in [3.05, 3.63) is 64.8 Å². The minimum atomic E-state index is -0.898. The molecule has 1 aromatic heterocycles. The SMILES string of the molecule is COc1cc(C)c2[nH]ccc2c1CN1CCC2(CCO2)C[C@H]1c1ccc(C(=O)O)cc1. The number of likely N-dealkylation sites (tertiary alicyclic amines) is 1. The Balaban J connectivity index is 1.51. The summed E-state index contributed by atoms with van der Waals surface area (Å²) in [5.41, 5.74) is 4.91. The molecule has 1 spiro atoms. The lowest BCUT2D eigenvalue weighted by atomic mass is 9.78. The Morgan fingerprint density at radius 3 is 2.71 bits per heavy atom. The van der Waals surface area contributed by atoms with Gasteiger partial charge in [-0.3, -0.25) is 4.90 Å². The van der Waals surface area contributed by atoms with Crippen LogP contribution in [0.1, 0.15) is 52.4 Å². The first-order valence-corrected chi connectivity index (χ1v) is 10.8. The van der Waals surface area contributed by atoms with E-state index in [0.717, 1.165) is 55.8 Å². The van der Waals surface area contributed by atoms with Crippen LogP contribution < -0.4 is 4.74 Å². The van der Waals surface area contributed by atoms with Crippen LogP contribution in [-0.4, -0.2) is 46.8 Å². The quantitative estimate of drug-likeness (QED) is 0.627. The number of methoxy groups -OCH3 is 1. The molecule has 1 unspecified atom stereocenters. The lowest BCUT2D eigenvalue weighted by molar-refractivity contribution is -0.185. The molecule has 2 atom stereocenters. The summed E-state index contributed by atoms with van der Waals surface area (Å²) in [6, 6.07) is 11.7. The third-order valence-electron chi connectivity index (χ3n) is 7.06. The molecule has 162 valence electrons. The maximum Gasteiger partial charge on any atom is 0.335 e. The molecular weight excluding hydrogens is 392 g/mol. The van der Waals surface area contributed by atoms with Gasteiger partial charge in [-0.15, -0.1) is 0 Å². The Hall–Kier alpha value is -2.83. The van der Waals surface area contributed by atoms with Gasteiger partial charge < -0.3 is 19.6 Å². The van der Waals surface area contributed by atoms with Gasteiger partial charge in [-0.2, -0.15) is 0 Å². The molecule has 3 aromatic rings. The number of aromatic carboxylic acids is 1. The van der Waals surface area contributed by atoms with Crippen molar-refractivity contribution in [3.63, 3.8) is 0 Å². The molecule has 0 aliphatic carbocycles. The second-order valence-corrected chi connectivity index (χ2v) is 8.79. The van der Waals surface area contributed by atoms with Crippen molar-refractivity contribution in [3.8, 4) is 5.75 Å². The Bertz CT molecular complexity index is 1110. The van der Waals surface area contributed by atoms with Gasteiger partial charge >= 0.3 is 5.97 Å². The molecule has 2 aliphatic heterocycles. The highest BCUT2D eigenvalue weighted by molar-refractivity contribution is 5.88. The van der Waals surface area contributed by atoms with Crippen LogP contribution in [0.25, 0.3) is 10.9 Å². The zero-order valence-corrected chi connectivity index (χ0v) is 18.0. The second-order valence-electron chi connectivity index (χ2n) is 8.79. The second kappa shape index (κ2) is 7.70. The van der Waals surface area contributed by atoms with Gasteiger partial charge in [0.25, 0.3) is 0 Å². The number of carbonyl (C=O) groups is 1. The summed E-state index contributed by atoms with van der Waals surface area (Å²) in [6.07, 6.45) is 5.02. The van der Waals surface area contributed by atoms with Gasteiger partial charge in [-0.25, -0.2) is 4.79 Å². The number of hydrogen-bond donors (Lipinski definition) is 2. The van der Waals surface area contributed by atoms with Crippen LogP contribution in [0.15, 0.2) is 42.6 Å². The number of ether oxygens (including phenoxy) is 2. The molecule has 0 saturated carbocycles. The summed E-state index contributed by atoms with van der Waals surface area (Å²) in [5, 5.41) is 10.5. The fourth-order valence-corrected chi connectivity index (χ4v) is 5.19. The van der Waals surface area contributed by atoms with Gasteiger partial charge in [-0.05, 0) is 61.6 Å². The average molecular weight is 421 g/mol. The summed E-state index contributed by atoms with van der Waals surface area (Å²) in [6.45, 7) is 4.62. The van der Waals surface area contributed by atoms with E-state index in [9.17, 15) is 9.90 Å². The Kier molecular flexibility index (Phi) is 4.99. The van der Waals surface area contributed by atoms with Crippen molar-refractivity contribution in [2.24, 2.45) is 0 Å². The van der Waals surface area contributed by atoms with E-state index in [1.165, 1.54) is 16.5 Å². The standard InChI is InChI=1S/C25H28N2O4/c1-16-13-22(30-2)20(19-7-10-26-23(16)19)15-27-11-8-25(9-12-31-25)14-21(27)17-3-5-18(6-4-17)24(28)29/h3-7,10,13,21,26H,8-9,11-12,14-15H2,1-2H3,(H,28,29)/t21-,25?/m0/s1. The smallest absolute Gasteiger partial charge is 0.335 e. The minimum Gasteiger partial charge on any atom is -0.496 e. The lowest BCUT2D eigenvalue weighted by Gasteiger charge is -2.51. The van der Waals surface area contributed by atoms with Crippen LogP contribution in [0, 0.1) is 6.92 Å². The first kappa shape index (κ1) is 20.1. The predicted molar refractivity (Wildman–Crippen MR) is 119 cm³/mol. The van der Waals surface area contributed by atoms with Crippen LogP contribution >= 0.6 is 0 Å². The topological polar surface area (TPSA) is 74.8 Å². The molecule has 2 fully saturated rings. The average Bonchev–Trinajstić information content (AvgIpc) is 3.25. The van der Waals surface area contributed by atoms with E-state index in [2.05, 4.69) is 28.9 Å². The number of benzene rings is 2. The summed E-state index contributed by atoms with van der Waals surface area (Å²) < 4.78 is 11.8. The Labute approximate surface area is 181 Å². The lowest BCUT2D eigenvalue weighted by Crippen LogP contribution is -2.53. The number of piperidine rings is 1. The van der Waals surface area contributed by atoms with Crippen LogP contribution in [0.5, 0.6) is 5.75 Å². The van der Waals surface area contributed by atoms with E-state index in [1.54, 1.807) is 19.2 Å². The highest BCUT2D eigenvalue weighted by Gasteiger charge is 2.45. The molecule has 2 saturated heterocycles. The van der Waals surface area contributed by atoms with E-state index >= 15 is 0 Å². The molecule has 3 heterocycles. The van der Waals surface area contributed by atoms with Crippen molar-refractivity contribution in [2.45, 2.75) is 44.4 Å². The predicted octanol–water partition coefficient (Wildman–Crippen LogP) is 4.68. The van der Waals surface area contributed by atoms with E-state index in [1.807, 2.05) is 18.3 Å². The summed E-state index contributed by atoms with van der Waals surface area (Å²) in [4.78, 5) is 17.1. The van der Waals surface area contributed by atoms with Gasteiger partial charge in [-0.1, -0.05) is 12.1 Å². The Morgan fingerprint density at radius 2 is 2.06 bits per heavy atom. The number of rotatable bonds is 5. The van der Waals surface area contributed by atoms with E-state index in [4.69, 9.17) is 9.47 Å². The summed E-state index contributed by atoms with van der Waals surface area (Å²) in [5.74, 6) is 0.00912. The van der Waals surface area contributed by atoms with Crippen molar-refractivity contribution < 1.29 is 19.4 Å². The third-order valence-corrected chi connectivity index (χ3v) is 7.06. The fourth-order valence-electron chi connectivity index (χ4n) is 5.19. The number of carboxylic acid groups (broad SMARTS) is 1. The molecule has 6 heteroatoms. The number of nitrogens with one attached hydrogen (secondary N) is 1. The highest BCUT2D eigenvalue weighted by Crippen LogP contribution is 2.46. The Morgan fingerprint density at radius 1 is 1.29 bits per heavy atom. The minimum absolute atomic E-state index is 0.0343.